The third-order valence-electron chi connectivity index (χ3n) is 1.82. The van der Waals surface area contributed by atoms with E-state index in [1.807, 2.05) is 0 Å². The minimum Gasteiger partial charge on any atom is -0.274 e. The zero-order chi connectivity index (χ0) is 10.7. The molecule has 0 spiro atoms. The first-order valence-corrected chi connectivity index (χ1v) is 4.00. The molecule has 0 fully saturated rings. The number of aromatic nitrogens is 1. The summed E-state index contributed by atoms with van der Waals surface area (Å²) in [6.45, 7) is 1.55. The van der Waals surface area contributed by atoms with Crippen LogP contribution in [0.2, 0.25) is 0 Å². The third-order valence-corrected chi connectivity index (χ3v) is 1.82. The van der Waals surface area contributed by atoms with E-state index in [0.717, 1.165) is 5.06 Å². The second-order valence-corrected chi connectivity index (χ2v) is 2.82. The highest BCUT2D eigenvalue weighted by Crippen LogP contribution is 2.07. The van der Waals surface area contributed by atoms with Crippen LogP contribution in [0.25, 0.3) is 0 Å². The number of halogens is 1. The topological polar surface area (TPSA) is 42.4 Å². The predicted molar refractivity (Wildman–Crippen MR) is 48.0 cm³/mol. The minimum absolute atomic E-state index is 0.299. The number of rotatable bonds is 2. The SMILES string of the molecule is CON(C)C(=O)c1cnc(F)c(C)c1. The highest BCUT2D eigenvalue weighted by atomic mass is 19.1. The first-order chi connectivity index (χ1) is 6.56. The maximum atomic E-state index is 12.8. The van der Waals surface area contributed by atoms with Crippen molar-refractivity contribution in [2.45, 2.75) is 6.92 Å². The van der Waals surface area contributed by atoms with Gasteiger partial charge in [-0.3, -0.25) is 9.63 Å². The van der Waals surface area contributed by atoms with Crippen molar-refractivity contribution < 1.29 is 14.0 Å². The first kappa shape index (κ1) is 10.6. The number of carbonyl (C=O) groups excluding carboxylic acids is 1. The number of pyridine rings is 1. The van der Waals surface area contributed by atoms with Gasteiger partial charge in [0.2, 0.25) is 5.95 Å². The Morgan fingerprint density at radius 1 is 1.64 bits per heavy atom. The first-order valence-electron chi connectivity index (χ1n) is 4.00. The molecule has 5 heteroatoms. The van der Waals surface area contributed by atoms with Gasteiger partial charge in [-0.2, -0.15) is 4.39 Å². The van der Waals surface area contributed by atoms with Crippen molar-refractivity contribution in [3.05, 3.63) is 29.3 Å². The van der Waals surface area contributed by atoms with Crippen molar-refractivity contribution >= 4 is 5.91 Å². The molecule has 0 bridgehead atoms. The van der Waals surface area contributed by atoms with Gasteiger partial charge in [0.25, 0.3) is 5.91 Å². The van der Waals surface area contributed by atoms with Crippen molar-refractivity contribution in [2.75, 3.05) is 14.2 Å². The quantitative estimate of drug-likeness (QED) is 0.529. The Morgan fingerprint density at radius 2 is 2.29 bits per heavy atom. The zero-order valence-electron chi connectivity index (χ0n) is 8.24. The van der Waals surface area contributed by atoms with E-state index in [1.165, 1.54) is 26.4 Å². The normalized spacial score (nSPS) is 10.0. The predicted octanol–water partition coefficient (Wildman–Crippen LogP) is 1.16. The highest BCUT2D eigenvalue weighted by molar-refractivity contribution is 5.93. The van der Waals surface area contributed by atoms with E-state index in [9.17, 15) is 9.18 Å². The van der Waals surface area contributed by atoms with E-state index in [0.29, 0.717) is 11.1 Å². The molecule has 1 amide bonds. The molecule has 0 radical (unpaired) electrons. The van der Waals surface area contributed by atoms with Crippen molar-refractivity contribution in [2.24, 2.45) is 0 Å². The van der Waals surface area contributed by atoms with Gasteiger partial charge in [-0.05, 0) is 13.0 Å². The van der Waals surface area contributed by atoms with E-state index in [1.54, 1.807) is 6.92 Å². The molecule has 0 aromatic carbocycles. The van der Waals surface area contributed by atoms with E-state index < -0.39 is 5.95 Å². The lowest BCUT2D eigenvalue weighted by Gasteiger charge is -2.13. The van der Waals surface area contributed by atoms with Crippen molar-refractivity contribution in [1.82, 2.24) is 10.0 Å². The molecule has 1 aromatic heterocycles. The van der Waals surface area contributed by atoms with Gasteiger partial charge in [0, 0.05) is 18.8 Å². The molecule has 0 aliphatic heterocycles. The second kappa shape index (κ2) is 4.15. The van der Waals surface area contributed by atoms with Crippen LogP contribution >= 0.6 is 0 Å². The number of amides is 1. The molecule has 76 valence electrons. The lowest BCUT2D eigenvalue weighted by Crippen LogP contribution is -2.25. The summed E-state index contributed by atoms with van der Waals surface area (Å²) in [5.74, 6) is -0.926. The second-order valence-electron chi connectivity index (χ2n) is 2.82. The molecule has 0 saturated heterocycles. The molecule has 0 unspecified atom stereocenters. The molecule has 0 N–H and O–H groups in total. The summed E-state index contributed by atoms with van der Waals surface area (Å²) in [7, 11) is 2.85. The maximum Gasteiger partial charge on any atom is 0.278 e. The molecule has 0 aliphatic rings. The van der Waals surface area contributed by atoms with Crippen LogP contribution in [0.15, 0.2) is 12.3 Å². The summed E-state index contributed by atoms with van der Waals surface area (Å²) in [5, 5.41) is 1.05. The summed E-state index contributed by atoms with van der Waals surface area (Å²) in [6.07, 6.45) is 1.18. The van der Waals surface area contributed by atoms with Gasteiger partial charge in [0.15, 0.2) is 0 Å². The fourth-order valence-electron chi connectivity index (χ4n) is 0.940. The Kier molecular flexibility index (Phi) is 3.14. The Labute approximate surface area is 81.3 Å². The standard InChI is InChI=1S/C9H11FN2O2/c1-6-4-7(5-11-8(6)10)9(13)12(2)14-3/h4-5H,1-3H3. The van der Waals surface area contributed by atoms with Gasteiger partial charge in [0.05, 0.1) is 12.7 Å². The van der Waals surface area contributed by atoms with Crippen LogP contribution in [0.1, 0.15) is 15.9 Å². The average molecular weight is 198 g/mol. The van der Waals surface area contributed by atoms with Crippen LogP contribution in [0.4, 0.5) is 4.39 Å². The lowest BCUT2D eigenvalue weighted by atomic mass is 10.2. The minimum atomic E-state index is -0.568. The average Bonchev–Trinajstić information content (AvgIpc) is 2.20. The largest absolute Gasteiger partial charge is 0.278 e. The van der Waals surface area contributed by atoms with Gasteiger partial charge in [-0.15, -0.1) is 0 Å². The molecule has 0 saturated carbocycles. The van der Waals surface area contributed by atoms with Gasteiger partial charge >= 0.3 is 0 Å². The van der Waals surface area contributed by atoms with Crippen molar-refractivity contribution in [1.29, 1.82) is 0 Å². The van der Waals surface area contributed by atoms with Gasteiger partial charge in [-0.25, -0.2) is 10.0 Å². The number of hydroxylamine groups is 2. The Bertz CT molecular complexity index is 355. The maximum absolute atomic E-state index is 12.8. The third kappa shape index (κ3) is 2.05. The molecular weight excluding hydrogens is 187 g/mol. The molecule has 14 heavy (non-hydrogen) atoms. The van der Waals surface area contributed by atoms with E-state index >= 15 is 0 Å². The van der Waals surface area contributed by atoms with Crippen LogP contribution in [0.3, 0.4) is 0 Å². The van der Waals surface area contributed by atoms with Crippen molar-refractivity contribution in [3.63, 3.8) is 0 Å². The molecule has 1 rings (SSSR count). The van der Waals surface area contributed by atoms with E-state index in [-0.39, 0.29) is 5.91 Å². The van der Waals surface area contributed by atoms with E-state index in [4.69, 9.17) is 4.84 Å². The summed E-state index contributed by atoms with van der Waals surface area (Å²) >= 11 is 0. The van der Waals surface area contributed by atoms with Crippen LogP contribution < -0.4 is 0 Å². The monoisotopic (exact) mass is 198 g/mol. The van der Waals surface area contributed by atoms with Crippen molar-refractivity contribution in [3.8, 4) is 0 Å². The zero-order valence-corrected chi connectivity index (χ0v) is 8.24. The molecule has 0 aliphatic carbocycles. The molecule has 4 nitrogen and oxygen atoms in total. The number of nitrogens with zero attached hydrogens (tertiary/aromatic N) is 2. The van der Waals surface area contributed by atoms with Crippen LogP contribution in [-0.2, 0) is 4.84 Å². The summed E-state index contributed by atoms with van der Waals surface area (Å²) < 4.78 is 12.8. The van der Waals surface area contributed by atoms with Crippen LogP contribution in [-0.4, -0.2) is 30.1 Å². The summed E-state index contributed by atoms with van der Waals surface area (Å²) in [4.78, 5) is 19.6. The molecule has 1 heterocycles. The Morgan fingerprint density at radius 3 is 2.79 bits per heavy atom. The smallest absolute Gasteiger partial charge is 0.274 e. The Hall–Kier alpha value is -1.49. The fourth-order valence-corrected chi connectivity index (χ4v) is 0.940. The fraction of sp³-hybridized carbons (Fsp3) is 0.333. The lowest BCUT2D eigenvalue weighted by molar-refractivity contribution is -0.0757. The van der Waals surface area contributed by atoms with Gasteiger partial charge in [0.1, 0.15) is 0 Å². The summed E-state index contributed by atoms with van der Waals surface area (Å²) in [5.41, 5.74) is 0.633. The van der Waals surface area contributed by atoms with Crippen LogP contribution in [0.5, 0.6) is 0 Å². The number of aryl methyl sites for hydroxylation is 1. The number of carbonyl (C=O) groups is 1. The van der Waals surface area contributed by atoms with E-state index in [2.05, 4.69) is 4.98 Å². The Balaban J connectivity index is 2.97. The molecule has 1 aromatic rings. The van der Waals surface area contributed by atoms with Gasteiger partial charge < -0.3 is 0 Å². The van der Waals surface area contributed by atoms with Gasteiger partial charge in [-0.1, -0.05) is 0 Å². The summed E-state index contributed by atoms with van der Waals surface area (Å²) in [6, 6.07) is 1.43. The number of hydrogen-bond acceptors (Lipinski definition) is 3. The highest BCUT2D eigenvalue weighted by Gasteiger charge is 2.12. The molecular formula is C9H11FN2O2. The van der Waals surface area contributed by atoms with Crippen LogP contribution in [0, 0.1) is 12.9 Å². The number of hydrogen-bond donors (Lipinski definition) is 0. The molecule has 0 atom stereocenters.